The minimum Gasteiger partial charge on any atom is -0.465 e. The van der Waals surface area contributed by atoms with Crippen molar-refractivity contribution in [2.75, 3.05) is 6.61 Å². The summed E-state index contributed by atoms with van der Waals surface area (Å²) < 4.78 is 19.7. The van der Waals surface area contributed by atoms with Gasteiger partial charge in [0, 0.05) is 7.05 Å². The van der Waals surface area contributed by atoms with Crippen LogP contribution in [-0.2, 0) is 16.6 Å². The molecule has 2 rings (SSSR count). The summed E-state index contributed by atoms with van der Waals surface area (Å²) in [6.07, 6.45) is 0. The molecule has 1 unspecified atom stereocenters. The monoisotopic (exact) mass is 277 g/mol. The molecule has 2 aromatic rings. The Morgan fingerprint density at radius 3 is 2.55 bits per heavy atom. The lowest BCUT2D eigenvalue weighted by molar-refractivity contribution is -0.144. The van der Waals surface area contributed by atoms with Crippen molar-refractivity contribution in [1.82, 2.24) is 14.8 Å². The van der Waals surface area contributed by atoms with E-state index in [0.717, 1.165) is 0 Å². The molecule has 0 N–H and O–H groups in total. The smallest absolute Gasteiger partial charge is 0.321 e. The molecule has 0 saturated heterocycles. The fourth-order valence-electron chi connectivity index (χ4n) is 2.05. The molecule has 0 amide bonds. The van der Waals surface area contributed by atoms with Crippen LogP contribution in [0.5, 0.6) is 0 Å². The topological polar surface area (TPSA) is 57.0 Å². The Morgan fingerprint density at radius 2 is 2.05 bits per heavy atom. The Bertz CT molecular complexity index is 607. The second-order valence-corrected chi connectivity index (χ2v) is 4.38. The third-order valence-electron chi connectivity index (χ3n) is 2.89. The number of hydrogen-bond donors (Lipinski definition) is 0. The number of esters is 1. The van der Waals surface area contributed by atoms with E-state index in [-0.39, 0.29) is 12.4 Å². The van der Waals surface area contributed by atoms with Crippen LogP contribution in [0.15, 0.2) is 24.3 Å². The first-order valence-corrected chi connectivity index (χ1v) is 6.32. The summed E-state index contributed by atoms with van der Waals surface area (Å²) in [5.74, 6) is -0.437. The fraction of sp³-hybridized carbons (Fsp3) is 0.357. The predicted octanol–water partition coefficient (Wildman–Crippen LogP) is 1.96. The number of aromatic nitrogens is 3. The largest absolute Gasteiger partial charge is 0.465 e. The van der Waals surface area contributed by atoms with Crippen molar-refractivity contribution in [3.8, 4) is 0 Å². The number of benzene rings is 1. The first kappa shape index (κ1) is 14.2. The molecule has 0 aliphatic carbocycles. The molecule has 1 heterocycles. The summed E-state index contributed by atoms with van der Waals surface area (Å²) in [6.45, 7) is 3.76. The standard InChI is InChI=1S/C14H16FN3O2/c1-4-20-14(19)12(10-5-7-11(15)8-6-10)13-16-9(2)17-18(13)3/h5-8,12H,4H2,1-3H3. The average molecular weight is 277 g/mol. The number of halogens is 1. The van der Waals surface area contributed by atoms with Crippen LogP contribution < -0.4 is 0 Å². The van der Waals surface area contributed by atoms with Crippen LogP contribution in [0, 0.1) is 12.7 Å². The molecule has 0 aliphatic rings. The van der Waals surface area contributed by atoms with Gasteiger partial charge in [-0.2, -0.15) is 5.10 Å². The third kappa shape index (κ3) is 2.84. The summed E-state index contributed by atoms with van der Waals surface area (Å²) in [5.41, 5.74) is 0.625. The molecule has 6 heteroatoms. The Balaban J connectivity index is 2.47. The van der Waals surface area contributed by atoms with Gasteiger partial charge in [0.1, 0.15) is 23.4 Å². The summed E-state index contributed by atoms with van der Waals surface area (Å²) in [5, 5.41) is 4.14. The lowest BCUT2D eigenvalue weighted by Gasteiger charge is -2.15. The zero-order valence-electron chi connectivity index (χ0n) is 11.6. The van der Waals surface area contributed by atoms with Crippen LogP contribution in [0.2, 0.25) is 0 Å². The van der Waals surface area contributed by atoms with Crippen LogP contribution in [0.4, 0.5) is 4.39 Å². The molecular formula is C14H16FN3O2. The van der Waals surface area contributed by atoms with Crippen molar-refractivity contribution in [2.45, 2.75) is 19.8 Å². The van der Waals surface area contributed by atoms with Gasteiger partial charge in [-0.3, -0.25) is 9.48 Å². The predicted molar refractivity (Wildman–Crippen MR) is 70.6 cm³/mol. The average Bonchev–Trinajstić information content (AvgIpc) is 2.72. The van der Waals surface area contributed by atoms with E-state index in [4.69, 9.17) is 4.74 Å². The van der Waals surface area contributed by atoms with Gasteiger partial charge in [0.05, 0.1) is 6.61 Å². The quantitative estimate of drug-likeness (QED) is 0.802. The third-order valence-corrected chi connectivity index (χ3v) is 2.89. The molecule has 0 saturated carbocycles. The SMILES string of the molecule is CCOC(=O)C(c1ccc(F)cc1)c1nc(C)nn1C. The van der Waals surface area contributed by atoms with Crippen molar-refractivity contribution in [1.29, 1.82) is 0 Å². The van der Waals surface area contributed by atoms with Crippen molar-refractivity contribution >= 4 is 5.97 Å². The number of hydrogen-bond acceptors (Lipinski definition) is 4. The van der Waals surface area contributed by atoms with Crippen molar-refractivity contribution < 1.29 is 13.9 Å². The fourth-order valence-corrected chi connectivity index (χ4v) is 2.05. The summed E-state index contributed by atoms with van der Waals surface area (Å²) in [6, 6.07) is 5.73. The van der Waals surface area contributed by atoms with Crippen LogP contribution >= 0.6 is 0 Å². The van der Waals surface area contributed by atoms with E-state index < -0.39 is 11.9 Å². The van der Waals surface area contributed by atoms with Crippen molar-refractivity contribution in [3.63, 3.8) is 0 Å². The number of rotatable bonds is 4. The second-order valence-electron chi connectivity index (χ2n) is 4.38. The maximum absolute atomic E-state index is 13.0. The van der Waals surface area contributed by atoms with Crippen molar-refractivity contribution in [2.24, 2.45) is 7.05 Å². The van der Waals surface area contributed by atoms with E-state index in [9.17, 15) is 9.18 Å². The number of carbonyl (C=O) groups is 1. The normalized spacial score (nSPS) is 12.2. The molecule has 0 fully saturated rings. The maximum atomic E-state index is 13.0. The molecular weight excluding hydrogens is 261 g/mol. The molecule has 0 bridgehead atoms. The van der Waals surface area contributed by atoms with Gasteiger partial charge in [0.2, 0.25) is 0 Å². The number of nitrogens with zero attached hydrogens (tertiary/aromatic N) is 3. The molecule has 0 spiro atoms. The lowest BCUT2D eigenvalue weighted by atomic mass is 9.98. The lowest BCUT2D eigenvalue weighted by Crippen LogP contribution is -2.21. The van der Waals surface area contributed by atoms with Crippen molar-refractivity contribution in [3.05, 3.63) is 47.3 Å². The van der Waals surface area contributed by atoms with E-state index in [1.807, 2.05) is 0 Å². The van der Waals surface area contributed by atoms with E-state index in [1.54, 1.807) is 37.7 Å². The summed E-state index contributed by atoms with van der Waals surface area (Å²) in [4.78, 5) is 16.5. The molecule has 0 aliphatic heterocycles. The van der Waals surface area contributed by atoms with Gasteiger partial charge >= 0.3 is 5.97 Å². The van der Waals surface area contributed by atoms with Crippen LogP contribution in [-0.4, -0.2) is 27.3 Å². The summed E-state index contributed by atoms with van der Waals surface area (Å²) >= 11 is 0. The van der Waals surface area contributed by atoms with Crippen LogP contribution in [0.25, 0.3) is 0 Å². The molecule has 1 aromatic heterocycles. The van der Waals surface area contributed by atoms with E-state index in [2.05, 4.69) is 10.1 Å². The number of aryl methyl sites for hydroxylation is 2. The first-order valence-electron chi connectivity index (χ1n) is 6.32. The Hall–Kier alpha value is -2.24. The zero-order valence-corrected chi connectivity index (χ0v) is 11.6. The van der Waals surface area contributed by atoms with Crippen LogP contribution in [0.1, 0.15) is 30.1 Å². The Morgan fingerprint density at radius 1 is 1.40 bits per heavy atom. The zero-order chi connectivity index (χ0) is 14.7. The molecule has 1 atom stereocenters. The Labute approximate surface area is 116 Å². The molecule has 0 radical (unpaired) electrons. The number of ether oxygens (including phenoxy) is 1. The van der Waals surface area contributed by atoms with E-state index >= 15 is 0 Å². The van der Waals surface area contributed by atoms with E-state index in [1.165, 1.54) is 12.1 Å². The molecule has 106 valence electrons. The van der Waals surface area contributed by atoms with Gasteiger partial charge in [0.25, 0.3) is 0 Å². The van der Waals surface area contributed by atoms with Crippen LogP contribution in [0.3, 0.4) is 0 Å². The maximum Gasteiger partial charge on any atom is 0.321 e. The van der Waals surface area contributed by atoms with Gasteiger partial charge in [-0.15, -0.1) is 0 Å². The minimum absolute atomic E-state index is 0.271. The molecule has 1 aromatic carbocycles. The highest BCUT2D eigenvalue weighted by atomic mass is 19.1. The molecule has 5 nitrogen and oxygen atoms in total. The second kappa shape index (κ2) is 5.81. The first-order chi connectivity index (χ1) is 9.52. The molecule has 20 heavy (non-hydrogen) atoms. The minimum atomic E-state index is -0.707. The highest BCUT2D eigenvalue weighted by Gasteiger charge is 2.28. The van der Waals surface area contributed by atoms with Gasteiger partial charge in [-0.1, -0.05) is 12.1 Å². The van der Waals surface area contributed by atoms with Gasteiger partial charge < -0.3 is 4.74 Å². The van der Waals surface area contributed by atoms with Gasteiger partial charge in [-0.25, -0.2) is 9.37 Å². The van der Waals surface area contributed by atoms with E-state index in [0.29, 0.717) is 17.2 Å². The summed E-state index contributed by atoms with van der Waals surface area (Å²) in [7, 11) is 1.71. The van der Waals surface area contributed by atoms with Gasteiger partial charge in [0.15, 0.2) is 0 Å². The number of carbonyl (C=O) groups excluding carboxylic acids is 1. The Kier molecular flexibility index (Phi) is 4.12. The highest BCUT2D eigenvalue weighted by Crippen LogP contribution is 2.25. The van der Waals surface area contributed by atoms with Gasteiger partial charge in [-0.05, 0) is 31.5 Å². The highest BCUT2D eigenvalue weighted by molar-refractivity contribution is 5.81.